The quantitative estimate of drug-likeness (QED) is 0.787. The van der Waals surface area contributed by atoms with E-state index < -0.39 is 0 Å². The molecule has 0 aliphatic carbocycles. The van der Waals surface area contributed by atoms with Crippen LogP contribution in [-0.4, -0.2) is 33.5 Å². The van der Waals surface area contributed by atoms with Crippen molar-refractivity contribution in [1.82, 2.24) is 14.3 Å². The Labute approximate surface area is 151 Å². The topological polar surface area (TPSA) is 70.3 Å². The summed E-state index contributed by atoms with van der Waals surface area (Å²) >= 11 is 0. The molecule has 1 aliphatic rings. The van der Waals surface area contributed by atoms with E-state index in [9.17, 15) is 4.79 Å². The molecule has 0 spiro atoms. The van der Waals surface area contributed by atoms with Crippen molar-refractivity contribution in [2.45, 2.75) is 13.8 Å². The third-order valence-corrected chi connectivity index (χ3v) is 4.41. The lowest BCUT2D eigenvalue weighted by Crippen LogP contribution is -2.16. The van der Waals surface area contributed by atoms with Gasteiger partial charge in [0.15, 0.2) is 17.3 Å². The number of aromatic nitrogens is 3. The molecule has 1 amide bonds. The van der Waals surface area contributed by atoms with E-state index in [0.717, 1.165) is 28.6 Å². The van der Waals surface area contributed by atoms with E-state index in [-0.39, 0.29) is 5.91 Å². The molecule has 4 rings (SSSR count). The van der Waals surface area contributed by atoms with Gasteiger partial charge in [0.1, 0.15) is 13.2 Å². The van der Waals surface area contributed by atoms with Crippen LogP contribution in [0.4, 0.5) is 5.82 Å². The van der Waals surface area contributed by atoms with Gasteiger partial charge in [0.2, 0.25) is 0 Å². The molecule has 134 valence electrons. The number of fused-ring (bicyclic) bond motifs is 1. The second kappa shape index (κ2) is 6.25. The first kappa shape index (κ1) is 16.3. The van der Waals surface area contributed by atoms with E-state index in [2.05, 4.69) is 10.4 Å². The molecule has 26 heavy (non-hydrogen) atoms. The summed E-state index contributed by atoms with van der Waals surface area (Å²) in [5.41, 5.74) is 3.36. The monoisotopic (exact) mass is 352 g/mol. The summed E-state index contributed by atoms with van der Waals surface area (Å²) in [6.45, 7) is 5.00. The van der Waals surface area contributed by atoms with E-state index in [1.165, 1.54) is 0 Å². The van der Waals surface area contributed by atoms with Gasteiger partial charge in [-0.05, 0) is 32.0 Å². The maximum Gasteiger partial charge on any atom is 0.258 e. The van der Waals surface area contributed by atoms with E-state index in [1.54, 1.807) is 16.9 Å². The minimum absolute atomic E-state index is 0.180. The highest BCUT2D eigenvalue weighted by atomic mass is 16.6. The van der Waals surface area contributed by atoms with Gasteiger partial charge >= 0.3 is 0 Å². The third-order valence-electron chi connectivity index (χ3n) is 4.41. The molecule has 0 saturated carbocycles. The van der Waals surface area contributed by atoms with Crippen molar-refractivity contribution in [2.24, 2.45) is 7.05 Å². The van der Waals surface area contributed by atoms with Gasteiger partial charge in [-0.1, -0.05) is 0 Å². The van der Waals surface area contributed by atoms with Crippen molar-refractivity contribution in [1.29, 1.82) is 0 Å². The van der Waals surface area contributed by atoms with Gasteiger partial charge in [0.25, 0.3) is 5.91 Å². The fraction of sp³-hybridized carbons (Fsp3) is 0.263. The Balaban J connectivity index is 1.67. The second-order valence-electron chi connectivity index (χ2n) is 6.28. The molecule has 0 radical (unpaired) electrons. The first-order chi connectivity index (χ1) is 12.5. The number of hydrogen-bond donors (Lipinski definition) is 1. The zero-order valence-corrected chi connectivity index (χ0v) is 14.9. The molecule has 2 aromatic heterocycles. The van der Waals surface area contributed by atoms with Crippen LogP contribution >= 0.6 is 0 Å². The van der Waals surface area contributed by atoms with E-state index in [4.69, 9.17) is 9.47 Å². The van der Waals surface area contributed by atoms with Crippen molar-refractivity contribution >= 4 is 11.7 Å². The van der Waals surface area contributed by atoms with E-state index >= 15 is 0 Å². The molecule has 0 saturated heterocycles. The number of aryl methyl sites for hydroxylation is 2. The number of ether oxygens (including phenoxy) is 2. The molecule has 0 unspecified atom stereocenters. The second-order valence-corrected chi connectivity index (χ2v) is 6.28. The number of anilines is 1. The van der Waals surface area contributed by atoms with Crippen molar-refractivity contribution in [3.8, 4) is 17.2 Å². The maximum absolute atomic E-state index is 12.7. The van der Waals surface area contributed by atoms with Crippen LogP contribution in [0.3, 0.4) is 0 Å². The van der Waals surface area contributed by atoms with Crippen molar-refractivity contribution in [3.05, 3.63) is 53.5 Å². The molecular weight excluding hydrogens is 332 g/mol. The Kier molecular flexibility index (Phi) is 3.91. The molecule has 1 aromatic carbocycles. The number of rotatable bonds is 3. The number of hydrogen-bond acceptors (Lipinski definition) is 4. The number of carbonyl (C=O) groups is 1. The maximum atomic E-state index is 12.7. The lowest BCUT2D eigenvalue weighted by molar-refractivity contribution is 0.102. The Morgan fingerprint density at radius 1 is 1.12 bits per heavy atom. The van der Waals surface area contributed by atoms with Gasteiger partial charge in [-0.25, -0.2) is 0 Å². The first-order valence-electron chi connectivity index (χ1n) is 8.43. The molecule has 3 heterocycles. The number of benzene rings is 1. The molecule has 7 heteroatoms. The average molecular weight is 352 g/mol. The van der Waals surface area contributed by atoms with Crippen LogP contribution in [0.5, 0.6) is 11.5 Å². The molecular formula is C19H20N4O3. The molecule has 7 nitrogen and oxygen atoms in total. The predicted molar refractivity (Wildman–Crippen MR) is 97.4 cm³/mol. The summed E-state index contributed by atoms with van der Waals surface area (Å²) in [5.74, 6) is 1.82. The zero-order chi connectivity index (χ0) is 18.3. The molecule has 1 aliphatic heterocycles. The Morgan fingerprint density at radius 3 is 2.62 bits per heavy atom. The molecule has 0 fully saturated rings. The Hall–Kier alpha value is -3.22. The molecule has 1 N–H and O–H groups in total. The van der Waals surface area contributed by atoms with Gasteiger partial charge in [-0.3, -0.25) is 9.48 Å². The van der Waals surface area contributed by atoms with Crippen molar-refractivity contribution in [3.63, 3.8) is 0 Å². The fourth-order valence-corrected chi connectivity index (χ4v) is 3.23. The summed E-state index contributed by atoms with van der Waals surface area (Å²) < 4.78 is 14.9. The summed E-state index contributed by atoms with van der Waals surface area (Å²) in [6.07, 6.45) is 1.79. The van der Waals surface area contributed by atoms with Gasteiger partial charge < -0.3 is 19.4 Å². The summed E-state index contributed by atoms with van der Waals surface area (Å²) in [6, 6.07) is 9.45. The average Bonchev–Trinajstić information content (AvgIpc) is 3.17. The van der Waals surface area contributed by atoms with Gasteiger partial charge in [0, 0.05) is 42.5 Å². The third kappa shape index (κ3) is 2.81. The van der Waals surface area contributed by atoms with Crippen LogP contribution < -0.4 is 14.8 Å². The lowest BCUT2D eigenvalue weighted by atomic mass is 10.2. The number of amides is 1. The van der Waals surface area contributed by atoms with Crippen molar-refractivity contribution < 1.29 is 14.3 Å². The van der Waals surface area contributed by atoms with E-state index in [1.807, 2.05) is 49.7 Å². The van der Waals surface area contributed by atoms with Crippen LogP contribution in [0.2, 0.25) is 0 Å². The van der Waals surface area contributed by atoms with Gasteiger partial charge in [-0.2, -0.15) is 5.10 Å². The van der Waals surface area contributed by atoms with Gasteiger partial charge in [0.05, 0.1) is 5.56 Å². The minimum atomic E-state index is -0.180. The van der Waals surface area contributed by atoms with Gasteiger partial charge in [-0.15, -0.1) is 0 Å². The van der Waals surface area contributed by atoms with Crippen LogP contribution in [0.1, 0.15) is 21.7 Å². The zero-order valence-electron chi connectivity index (χ0n) is 14.9. The Bertz CT molecular complexity index is 987. The van der Waals surface area contributed by atoms with Crippen LogP contribution in [0.15, 0.2) is 36.5 Å². The minimum Gasteiger partial charge on any atom is -0.486 e. The van der Waals surface area contributed by atoms with Crippen LogP contribution in [0.25, 0.3) is 5.69 Å². The first-order valence-corrected chi connectivity index (χ1v) is 8.43. The molecule has 0 bridgehead atoms. The summed E-state index contributed by atoms with van der Waals surface area (Å²) in [5, 5.41) is 7.02. The highest BCUT2D eigenvalue weighted by Crippen LogP contribution is 2.33. The highest BCUT2D eigenvalue weighted by Gasteiger charge is 2.19. The van der Waals surface area contributed by atoms with Crippen LogP contribution in [-0.2, 0) is 7.05 Å². The molecule has 0 atom stereocenters. The largest absolute Gasteiger partial charge is 0.486 e. The Morgan fingerprint density at radius 2 is 1.88 bits per heavy atom. The lowest BCUT2D eigenvalue weighted by Gasteiger charge is -2.20. The smallest absolute Gasteiger partial charge is 0.258 e. The van der Waals surface area contributed by atoms with Crippen molar-refractivity contribution in [2.75, 3.05) is 18.5 Å². The summed E-state index contributed by atoms with van der Waals surface area (Å²) in [7, 11) is 1.81. The fourth-order valence-electron chi connectivity index (χ4n) is 3.23. The SMILES string of the molecule is Cc1cc(C(=O)Nc2ccn(C)n2)c(C)n1-c1ccc2c(c1)OCCO2. The number of nitrogens with one attached hydrogen (secondary N) is 1. The predicted octanol–water partition coefficient (Wildman–Crippen LogP) is 2.85. The normalized spacial score (nSPS) is 12.9. The number of nitrogens with zero attached hydrogens (tertiary/aromatic N) is 3. The number of carbonyl (C=O) groups excluding carboxylic acids is 1. The molecule has 3 aromatic rings. The van der Waals surface area contributed by atoms with E-state index in [0.29, 0.717) is 24.6 Å². The standard InChI is InChI=1S/C19H20N4O3/c1-12-10-15(19(24)20-18-6-7-22(3)21-18)13(2)23(12)14-4-5-16-17(11-14)26-9-8-25-16/h4-7,10-11H,8-9H2,1-3H3,(H,20,21,24). The van der Waals surface area contributed by atoms with Crippen LogP contribution in [0, 0.1) is 13.8 Å². The summed E-state index contributed by atoms with van der Waals surface area (Å²) in [4.78, 5) is 12.7. The highest BCUT2D eigenvalue weighted by molar-refractivity contribution is 6.05.